The molecule has 1 heterocycles. The zero-order chi connectivity index (χ0) is 20.9. The van der Waals surface area contributed by atoms with Gasteiger partial charge in [0.2, 0.25) is 5.91 Å². The highest BCUT2D eigenvalue weighted by molar-refractivity contribution is 7.09. The van der Waals surface area contributed by atoms with E-state index in [4.69, 9.17) is 11.6 Å². The first-order valence-electron chi connectivity index (χ1n) is 9.94. The molecule has 5 nitrogen and oxygen atoms in total. The van der Waals surface area contributed by atoms with Crippen LogP contribution in [0.25, 0.3) is 0 Å². The molecular formula is C23H22ClN3O2S. The molecule has 0 aliphatic heterocycles. The van der Waals surface area contributed by atoms with Crippen molar-refractivity contribution < 1.29 is 10.0 Å². The molecule has 3 aromatic rings. The molecule has 0 saturated carbocycles. The highest BCUT2D eigenvalue weighted by atomic mass is 35.5. The van der Waals surface area contributed by atoms with Crippen LogP contribution in [-0.2, 0) is 19.3 Å². The van der Waals surface area contributed by atoms with Crippen molar-refractivity contribution in [3.05, 3.63) is 86.1 Å². The number of rotatable bonds is 5. The summed E-state index contributed by atoms with van der Waals surface area (Å²) < 4.78 is 1.78. The van der Waals surface area contributed by atoms with E-state index < -0.39 is 0 Å². The van der Waals surface area contributed by atoms with Crippen LogP contribution in [0.5, 0.6) is 0 Å². The quantitative estimate of drug-likeness (QED) is 0.354. The van der Waals surface area contributed by atoms with E-state index >= 15 is 0 Å². The number of oxime groups is 1. The van der Waals surface area contributed by atoms with Crippen LogP contribution in [-0.4, -0.2) is 27.9 Å². The Kier molecular flexibility index (Phi) is 6.45. The average molecular weight is 440 g/mol. The number of thiazole rings is 1. The molecule has 0 atom stereocenters. The fourth-order valence-corrected chi connectivity index (χ4v) is 4.99. The molecule has 1 aromatic heterocycles. The van der Waals surface area contributed by atoms with Crippen LogP contribution in [0.3, 0.4) is 0 Å². The standard InChI is InChI=1S/C23H22ClN3O2S/c24-18-12-10-17(11-13-18)19(26-29)15-25-23-27(20-8-4-5-9-21(20)30-23)22(28)14-16-6-2-1-3-7-16/h1-3,6-7,10-13,29H,4-5,8-9,14-15H2. The van der Waals surface area contributed by atoms with Gasteiger partial charge in [0.15, 0.2) is 4.80 Å². The highest BCUT2D eigenvalue weighted by Crippen LogP contribution is 2.24. The maximum Gasteiger partial charge on any atom is 0.237 e. The van der Waals surface area contributed by atoms with E-state index in [2.05, 4.69) is 10.1 Å². The van der Waals surface area contributed by atoms with Crippen molar-refractivity contribution in [1.29, 1.82) is 0 Å². The van der Waals surface area contributed by atoms with E-state index in [-0.39, 0.29) is 12.5 Å². The second kappa shape index (κ2) is 9.41. The van der Waals surface area contributed by atoms with Gasteiger partial charge in [0.25, 0.3) is 0 Å². The van der Waals surface area contributed by atoms with Crippen molar-refractivity contribution in [3.63, 3.8) is 0 Å². The lowest BCUT2D eigenvalue weighted by Gasteiger charge is -2.13. The summed E-state index contributed by atoms with van der Waals surface area (Å²) in [5, 5.41) is 13.5. The number of aromatic nitrogens is 1. The number of carbonyl (C=O) groups excluding carboxylic acids is 1. The zero-order valence-electron chi connectivity index (χ0n) is 16.4. The molecule has 0 unspecified atom stereocenters. The Labute approximate surface area is 184 Å². The van der Waals surface area contributed by atoms with Gasteiger partial charge in [0.05, 0.1) is 13.0 Å². The number of aryl methyl sites for hydroxylation is 1. The first kappa shape index (κ1) is 20.6. The van der Waals surface area contributed by atoms with E-state index in [0.29, 0.717) is 22.0 Å². The Morgan fingerprint density at radius 1 is 1.07 bits per heavy atom. The third kappa shape index (κ3) is 4.55. The minimum absolute atomic E-state index is 0.0216. The van der Waals surface area contributed by atoms with Crippen molar-refractivity contribution >= 4 is 34.6 Å². The van der Waals surface area contributed by atoms with Crippen LogP contribution in [0.1, 0.15) is 39.3 Å². The molecule has 0 radical (unpaired) electrons. The van der Waals surface area contributed by atoms with Crippen LogP contribution in [0.2, 0.25) is 5.02 Å². The number of benzene rings is 2. The summed E-state index contributed by atoms with van der Waals surface area (Å²) in [7, 11) is 0. The van der Waals surface area contributed by atoms with E-state index in [1.807, 2.05) is 30.3 Å². The highest BCUT2D eigenvalue weighted by Gasteiger charge is 2.21. The van der Waals surface area contributed by atoms with Gasteiger partial charge in [-0.15, -0.1) is 11.3 Å². The Morgan fingerprint density at radius 2 is 1.80 bits per heavy atom. The van der Waals surface area contributed by atoms with Crippen LogP contribution in [0.15, 0.2) is 64.7 Å². The summed E-state index contributed by atoms with van der Waals surface area (Å²) in [6.07, 6.45) is 4.41. The van der Waals surface area contributed by atoms with Gasteiger partial charge in [-0.05, 0) is 43.4 Å². The lowest BCUT2D eigenvalue weighted by Crippen LogP contribution is -2.28. The van der Waals surface area contributed by atoms with Crippen molar-refractivity contribution in [2.24, 2.45) is 10.1 Å². The van der Waals surface area contributed by atoms with E-state index in [0.717, 1.165) is 42.5 Å². The minimum Gasteiger partial charge on any atom is -0.411 e. The SMILES string of the molecule is O=C(Cc1ccccc1)n1c2c(sc1=NCC(=NO)c1ccc(Cl)cc1)CCCC2. The first-order chi connectivity index (χ1) is 14.7. The predicted octanol–water partition coefficient (Wildman–Crippen LogP) is 4.74. The Morgan fingerprint density at radius 3 is 2.53 bits per heavy atom. The topological polar surface area (TPSA) is 67.0 Å². The molecule has 0 spiro atoms. The maximum absolute atomic E-state index is 13.2. The summed E-state index contributed by atoms with van der Waals surface area (Å²) in [5.41, 5.74) is 3.24. The molecule has 0 bridgehead atoms. The van der Waals surface area contributed by atoms with Crippen LogP contribution in [0, 0.1) is 0 Å². The normalized spacial score (nSPS) is 14.6. The average Bonchev–Trinajstić information content (AvgIpc) is 3.14. The Balaban J connectivity index is 1.67. The van der Waals surface area contributed by atoms with Crippen molar-refractivity contribution in [2.75, 3.05) is 6.54 Å². The number of halogens is 1. The third-order valence-corrected chi connectivity index (χ3v) is 6.61. The predicted molar refractivity (Wildman–Crippen MR) is 120 cm³/mol. The smallest absolute Gasteiger partial charge is 0.237 e. The summed E-state index contributed by atoms with van der Waals surface area (Å²) in [4.78, 5) is 19.8. The molecule has 1 aliphatic carbocycles. The molecule has 154 valence electrons. The van der Waals surface area contributed by atoms with E-state index in [9.17, 15) is 10.0 Å². The van der Waals surface area contributed by atoms with Gasteiger partial charge in [0, 0.05) is 21.2 Å². The van der Waals surface area contributed by atoms with Gasteiger partial charge in [-0.25, -0.2) is 0 Å². The lowest BCUT2D eigenvalue weighted by atomic mass is 10.0. The second-order valence-corrected chi connectivity index (χ2v) is 8.72. The van der Waals surface area contributed by atoms with Crippen molar-refractivity contribution in [1.82, 2.24) is 4.57 Å². The molecular weight excluding hydrogens is 418 g/mol. The minimum atomic E-state index is 0.0216. The number of hydrogen-bond donors (Lipinski definition) is 1. The maximum atomic E-state index is 13.2. The molecule has 4 rings (SSSR count). The summed E-state index contributed by atoms with van der Waals surface area (Å²) in [6, 6.07) is 16.8. The summed E-state index contributed by atoms with van der Waals surface area (Å²) in [6.45, 7) is 0.177. The molecule has 2 aromatic carbocycles. The second-order valence-electron chi connectivity index (χ2n) is 7.22. The fourth-order valence-electron chi connectivity index (χ4n) is 3.65. The van der Waals surface area contributed by atoms with E-state index in [1.165, 1.54) is 4.88 Å². The Bertz CT molecular complexity index is 1130. The molecule has 7 heteroatoms. The first-order valence-corrected chi connectivity index (χ1v) is 11.1. The summed E-state index contributed by atoms with van der Waals surface area (Å²) in [5.74, 6) is 0.0216. The Hall–Kier alpha value is -2.70. The molecule has 0 amide bonds. The van der Waals surface area contributed by atoms with Gasteiger partial charge in [-0.3, -0.25) is 14.4 Å². The summed E-state index contributed by atoms with van der Waals surface area (Å²) >= 11 is 7.52. The van der Waals surface area contributed by atoms with Crippen LogP contribution in [0.4, 0.5) is 0 Å². The van der Waals surface area contributed by atoms with Gasteiger partial charge in [0.1, 0.15) is 5.71 Å². The monoisotopic (exact) mass is 439 g/mol. The van der Waals surface area contributed by atoms with Gasteiger partial charge >= 0.3 is 0 Å². The number of carbonyl (C=O) groups is 1. The molecule has 1 aliphatic rings. The molecule has 30 heavy (non-hydrogen) atoms. The van der Waals surface area contributed by atoms with Crippen molar-refractivity contribution in [3.8, 4) is 0 Å². The number of hydrogen-bond acceptors (Lipinski definition) is 5. The van der Waals surface area contributed by atoms with Gasteiger partial charge < -0.3 is 5.21 Å². The third-order valence-electron chi connectivity index (χ3n) is 5.17. The largest absolute Gasteiger partial charge is 0.411 e. The van der Waals surface area contributed by atoms with Crippen LogP contribution < -0.4 is 4.80 Å². The fraction of sp³-hybridized carbons (Fsp3) is 0.261. The van der Waals surface area contributed by atoms with E-state index in [1.54, 1.807) is 40.2 Å². The number of fused-ring (bicyclic) bond motifs is 1. The molecule has 1 N–H and O–H groups in total. The molecule has 0 fully saturated rings. The number of nitrogens with zero attached hydrogens (tertiary/aromatic N) is 3. The van der Waals surface area contributed by atoms with Gasteiger partial charge in [-0.2, -0.15) is 0 Å². The lowest BCUT2D eigenvalue weighted by molar-refractivity contribution is 0.0906. The molecule has 0 saturated heterocycles. The van der Waals surface area contributed by atoms with Crippen molar-refractivity contribution in [2.45, 2.75) is 32.1 Å². The zero-order valence-corrected chi connectivity index (χ0v) is 18.0. The van der Waals surface area contributed by atoms with Crippen LogP contribution >= 0.6 is 22.9 Å². The van der Waals surface area contributed by atoms with Gasteiger partial charge in [-0.1, -0.05) is 59.2 Å².